The number of likely N-dealkylation sites (tertiary alicyclic amines) is 1. The zero-order valence-corrected chi connectivity index (χ0v) is 11.2. The number of carbonyl (C=O) groups excluding carboxylic acids is 1. The van der Waals surface area contributed by atoms with E-state index in [1.807, 2.05) is 4.90 Å². The van der Waals surface area contributed by atoms with Crippen LogP contribution in [0, 0.1) is 11.8 Å². The number of hydrogen-bond donors (Lipinski definition) is 0. The van der Waals surface area contributed by atoms with Crippen molar-refractivity contribution >= 4 is 15.9 Å². The molecule has 17 heavy (non-hydrogen) atoms. The van der Waals surface area contributed by atoms with Gasteiger partial charge >= 0.3 is 0 Å². The highest BCUT2D eigenvalue weighted by atomic mass is 32.2. The second-order valence-corrected chi connectivity index (χ2v) is 7.27. The van der Waals surface area contributed by atoms with Gasteiger partial charge in [-0.25, -0.2) is 12.7 Å². The lowest BCUT2D eigenvalue weighted by atomic mass is 9.96. The van der Waals surface area contributed by atoms with Gasteiger partial charge in [0.15, 0.2) is 0 Å². The predicted octanol–water partition coefficient (Wildman–Crippen LogP) is 0.136. The van der Waals surface area contributed by atoms with Crippen LogP contribution in [0.3, 0.4) is 0 Å². The Bertz CT molecular complexity index is 393. The highest BCUT2D eigenvalue weighted by Crippen LogP contribution is 2.24. The summed E-state index contributed by atoms with van der Waals surface area (Å²) in [6, 6.07) is 0. The van der Waals surface area contributed by atoms with Crippen LogP contribution in [0.2, 0.25) is 0 Å². The lowest BCUT2D eigenvalue weighted by Crippen LogP contribution is -2.56. The second kappa shape index (κ2) is 4.57. The fourth-order valence-electron chi connectivity index (χ4n) is 2.35. The first-order valence-electron chi connectivity index (χ1n) is 6.12. The normalized spacial score (nSPS) is 24.7. The zero-order chi connectivity index (χ0) is 12.6. The summed E-state index contributed by atoms with van der Waals surface area (Å²) < 4.78 is 23.8. The molecule has 0 unspecified atom stereocenters. The van der Waals surface area contributed by atoms with Crippen LogP contribution >= 0.6 is 0 Å². The van der Waals surface area contributed by atoms with Crippen LogP contribution < -0.4 is 0 Å². The highest BCUT2D eigenvalue weighted by Gasteiger charge is 2.40. The van der Waals surface area contributed by atoms with E-state index >= 15 is 0 Å². The van der Waals surface area contributed by atoms with E-state index in [4.69, 9.17) is 0 Å². The maximum absolute atomic E-state index is 12.1. The van der Waals surface area contributed by atoms with Crippen molar-refractivity contribution < 1.29 is 13.2 Å². The number of carbonyl (C=O) groups is 1. The maximum Gasteiger partial charge on any atom is 0.228 e. The average molecular weight is 260 g/mol. The molecule has 5 nitrogen and oxygen atoms in total. The maximum atomic E-state index is 12.1. The van der Waals surface area contributed by atoms with E-state index in [1.54, 1.807) is 0 Å². The van der Waals surface area contributed by atoms with Gasteiger partial charge in [-0.15, -0.1) is 0 Å². The van der Waals surface area contributed by atoms with Gasteiger partial charge in [0.2, 0.25) is 15.9 Å². The van der Waals surface area contributed by atoms with E-state index < -0.39 is 10.0 Å². The fraction of sp³-hybridized carbons (Fsp3) is 0.909. The molecule has 0 N–H and O–H groups in total. The van der Waals surface area contributed by atoms with Crippen molar-refractivity contribution in [3.05, 3.63) is 0 Å². The molecule has 0 saturated carbocycles. The molecule has 0 radical (unpaired) electrons. The van der Waals surface area contributed by atoms with Gasteiger partial charge in [0.25, 0.3) is 0 Å². The van der Waals surface area contributed by atoms with E-state index in [0.717, 1.165) is 25.9 Å². The summed E-state index contributed by atoms with van der Waals surface area (Å²) in [6.45, 7) is 4.59. The molecule has 2 aliphatic rings. The Kier molecular flexibility index (Phi) is 3.45. The van der Waals surface area contributed by atoms with Gasteiger partial charge in [0, 0.05) is 26.2 Å². The van der Waals surface area contributed by atoms with Gasteiger partial charge in [-0.05, 0) is 18.8 Å². The van der Waals surface area contributed by atoms with Gasteiger partial charge in [0.05, 0.1) is 12.2 Å². The molecule has 0 bridgehead atoms. The molecule has 0 spiro atoms. The Morgan fingerprint density at radius 3 is 2.18 bits per heavy atom. The molecule has 1 amide bonds. The molecule has 2 heterocycles. The monoisotopic (exact) mass is 260 g/mol. The molecule has 6 heteroatoms. The predicted molar refractivity (Wildman–Crippen MR) is 64.9 cm³/mol. The molecule has 0 aromatic rings. The van der Waals surface area contributed by atoms with E-state index in [2.05, 4.69) is 6.92 Å². The van der Waals surface area contributed by atoms with Gasteiger partial charge < -0.3 is 4.90 Å². The summed E-state index contributed by atoms with van der Waals surface area (Å²) >= 11 is 0. The molecule has 2 fully saturated rings. The molecule has 0 aromatic heterocycles. The van der Waals surface area contributed by atoms with Gasteiger partial charge in [-0.3, -0.25) is 4.79 Å². The molecular formula is C11H20N2O3S. The van der Waals surface area contributed by atoms with Crippen LogP contribution in [-0.2, 0) is 14.8 Å². The van der Waals surface area contributed by atoms with Crippen LogP contribution in [0.15, 0.2) is 0 Å². The summed E-state index contributed by atoms with van der Waals surface area (Å²) in [6.07, 6.45) is 3.32. The number of rotatable bonds is 2. The van der Waals surface area contributed by atoms with Crippen molar-refractivity contribution in [3.8, 4) is 0 Å². The average Bonchev–Trinajstić information content (AvgIpc) is 2.13. The van der Waals surface area contributed by atoms with Gasteiger partial charge in [-0.2, -0.15) is 0 Å². The Balaban J connectivity index is 1.83. The van der Waals surface area contributed by atoms with Crippen LogP contribution in [0.4, 0.5) is 0 Å². The molecular weight excluding hydrogens is 240 g/mol. The zero-order valence-electron chi connectivity index (χ0n) is 10.4. The summed E-state index contributed by atoms with van der Waals surface area (Å²) in [5, 5.41) is 0. The van der Waals surface area contributed by atoms with Crippen molar-refractivity contribution in [3.63, 3.8) is 0 Å². The first kappa shape index (κ1) is 12.8. The molecule has 98 valence electrons. The standard InChI is InChI=1S/C11H20N2O3S/c1-9-3-5-12(6-4-9)11(14)10-7-13(8-10)17(2,15)16/h9-10H,3-8H2,1-2H3. The number of nitrogens with zero attached hydrogens (tertiary/aromatic N) is 2. The minimum atomic E-state index is -3.11. The molecule has 2 rings (SSSR count). The minimum Gasteiger partial charge on any atom is -0.342 e. The van der Waals surface area contributed by atoms with E-state index in [-0.39, 0.29) is 11.8 Å². The summed E-state index contributed by atoms with van der Waals surface area (Å²) in [5.74, 6) is 0.725. The SMILES string of the molecule is CC1CCN(C(=O)C2CN(S(C)(=O)=O)C2)CC1. The topological polar surface area (TPSA) is 57.7 Å². The van der Waals surface area contributed by atoms with Crippen molar-refractivity contribution in [2.75, 3.05) is 32.4 Å². The molecule has 2 saturated heterocycles. The smallest absolute Gasteiger partial charge is 0.228 e. The number of hydrogen-bond acceptors (Lipinski definition) is 3. The number of sulfonamides is 1. The van der Waals surface area contributed by atoms with Crippen molar-refractivity contribution in [1.29, 1.82) is 0 Å². The van der Waals surface area contributed by atoms with E-state index in [1.165, 1.54) is 10.6 Å². The molecule has 0 atom stereocenters. The summed E-state index contributed by atoms with van der Waals surface area (Å²) in [5.41, 5.74) is 0. The van der Waals surface area contributed by atoms with Crippen molar-refractivity contribution in [2.45, 2.75) is 19.8 Å². The molecule has 0 aliphatic carbocycles. The third-order valence-electron chi connectivity index (χ3n) is 3.76. The van der Waals surface area contributed by atoms with Gasteiger partial charge in [-0.1, -0.05) is 6.92 Å². The third kappa shape index (κ3) is 2.80. The van der Waals surface area contributed by atoms with Gasteiger partial charge in [0.1, 0.15) is 0 Å². The Morgan fingerprint density at radius 1 is 1.18 bits per heavy atom. The fourth-order valence-corrected chi connectivity index (χ4v) is 3.25. The van der Waals surface area contributed by atoms with E-state index in [0.29, 0.717) is 19.0 Å². The second-order valence-electron chi connectivity index (χ2n) is 5.28. The van der Waals surface area contributed by atoms with Crippen molar-refractivity contribution in [2.24, 2.45) is 11.8 Å². The van der Waals surface area contributed by atoms with Crippen LogP contribution in [0.1, 0.15) is 19.8 Å². The first-order chi connectivity index (χ1) is 7.88. The Labute approximate surface area is 103 Å². The largest absolute Gasteiger partial charge is 0.342 e. The quantitative estimate of drug-likeness (QED) is 0.709. The Hall–Kier alpha value is -0.620. The van der Waals surface area contributed by atoms with Crippen LogP contribution in [-0.4, -0.2) is 56.0 Å². The Morgan fingerprint density at radius 2 is 1.71 bits per heavy atom. The first-order valence-corrected chi connectivity index (χ1v) is 7.96. The molecule has 2 aliphatic heterocycles. The van der Waals surface area contributed by atoms with Crippen LogP contribution in [0.25, 0.3) is 0 Å². The summed E-state index contributed by atoms with van der Waals surface area (Å²) in [4.78, 5) is 14.0. The summed E-state index contributed by atoms with van der Waals surface area (Å²) in [7, 11) is -3.11. The van der Waals surface area contributed by atoms with E-state index in [9.17, 15) is 13.2 Å². The minimum absolute atomic E-state index is 0.113. The third-order valence-corrected chi connectivity index (χ3v) is 5.00. The lowest BCUT2D eigenvalue weighted by Gasteiger charge is -2.40. The lowest BCUT2D eigenvalue weighted by molar-refractivity contribution is -0.140. The highest BCUT2D eigenvalue weighted by molar-refractivity contribution is 7.88. The molecule has 0 aromatic carbocycles. The van der Waals surface area contributed by atoms with Crippen molar-refractivity contribution in [1.82, 2.24) is 9.21 Å². The number of amides is 1. The number of piperidine rings is 1. The van der Waals surface area contributed by atoms with Crippen LogP contribution in [0.5, 0.6) is 0 Å².